The normalized spacial score (nSPS) is 11.2. The number of rotatable bonds is 4. The Kier molecular flexibility index (Phi) is 5.22. The zero-order chi connectivity index (χ0) is 23.8. The zero-order valence-electron chi connectivity index (χ0n) is 16.7. The molecule has 0 bridgehead atoms. The number of nitrogens with one attached hydrogen (secondary N) is 2. The minimum Gasteiger partial charge on any atom is -0.383 e. The fraction of sp³-hybridized carbons (Fsp3) is 0.105. The van der Waals surface area contributed by atoms with Crippen LogP contribution in [0.2, 0.25) is 0 Å². The number of H-pyrrole nitrogens is 1. The standard InChI is InChI=1S/C19H13F3N10O/c1-9-12(2-3-25-16(9)24)14-13(15(31-30-14)19(20,21)22)18(33)29-11-6-10(7-23)17(26-8-11)32-27-4-5-28-32/h2-6,8H,1H3,(H2,24,25)(H,29,33)(H,30,31). The summed E-state index contributed by atoms with van der Waals surface area (Å²) in [5, 5.41) is 25.1. The van der Waals surface area contributed by atoms with Crippen LogP contribution in [0.5, 0.6) is 0 Å². The van der Waals surface area contributed by atoms with E-state index in [1.807, 2.05) is 11.2 Å². The van der Waals surface area contributed by atoms with Crippen LogP contribution in [0.1, 0.15) is 27.2 Å². The van der Waals surface area contributed by atoms with E-state index in [1.165, 1.54) is 36.9 Å². The minimum atomic E-state index is -4.89. The molecular weight excluding hydrogens is 441 g/mol. The number of alkyl halides is 3. The van der Waals surface area contributed by atoms with Gasteiger partial charge in [0.15, 0.2) is 11.5 Å². The van der Waals surface area contributed by atoms with Crippen LogP contribution in [0.15, 0.2) is 36.9 Å². The van der Waals surface area contributed by atoms with Gasteiger partial charge in [0.25, 0.3) is 5.91 Å². The number of nitrogens with two attached hydrogens (primary N) is 1. The number of hydrogen-bond acceptors (Lipinski definition) is 8. The lowest BCUT2D eigenvalue weighted by Crippen LogP contribution is -2.19. The van der Waals surface area contributed by atoms with Gasteiger partial charge in [-0.2, -0.15) is 33.7 Å². The highest BCUT2D eigenvalue weighted by Crippen LogP contribution is 2.37. The van der Waals surface area contributed by atoms with Crippen molar-refractivity contribution in [2.75, 3.05) is 11.1 Å². The second-order valence-corrected chi connectivity index (χ2v) is 6.67. The molecule has 166 valence electrons. The maximum atomic E-state index is 13.6. The van der Waals surface area contributed by atoms with Gasteiger partial charge in [0.2, 0.25) is 0 Å². The highest BCUT2D eigenvalue weighted by Gasteiger charge is 2.40. The number of pyridine rings is 2. The van der Waals surface area contributed by atoms with E-state index in [1.54, 1.807) is 6.92 Å². The van der Waals surface area contributed by atoms with E-state index in [0.29, 0.717) is 5.56 Å². The number of hydrogen-bond donors (Lipinski definition) is 3. The summed E-state index contributed by atoms with van der Waals surface area (Å²) in [6, 6.07) is 4.53. The Bertz CT molecular complexity index is 1390. The Hall–Kier alpha value is -4.80. The Morgan fingerprint density at radius 2 is 1.97 bits per heavy atom. The number of nitrogens with zero attached hydrogens (tertiary/aromatic N) is 7. The fourth-order valence-corrected chi connectivity index (χ4v) is 3.06. The number of carbonyl (C=O) groups excluding carboxylic acids is 1. The summed E-state index contributed by atoms with van der Waals surface area (Å²) >= 11 is 0. The lowest BCUT2D eigenvalue weighted by molar-refractivity contribution is -0.141. The van der Waals surface area contributed by atoms with Gasteiger partial charge in [0, 0.05) is 17.3 Å². The first-order chi connectivity index (χ1) is 15.7. The molecule has 0 aliphatic heterocycles. The molecule has 1 amide bonds. The summed E-state index contributed by atoms with van der Waals surface area (Å²) in [5.74, 6) is -0.944. The lowest BCUT2D eigenvalue weighted by Gasteiger charge is -2.12. The van der Waals surface area contributed by atoms with Gasteiger partial charge < -0.3 is 11.1 Å². The first-order valence-electron chi connectivity index (χ1n) is 9.16. The lowest BCUT2D eigenvalue weighted by atomic mass is 10.0. The third-order valence-electron chi connectivity index (χ3n) is 4.63. The van der Waals surface area contributed by atoms with E-state index >= 15 is 0 Å². The van der Waals surface area contributed by atoms with Crippen molar-refractivity contribution in [2.24, 2.45) is 0 Å². The number of amides is 1. The first-order valence-corrected chi connectivity index (χ1v) is 9.16. The van der Waals surface area contributed by atoms with Gasteiger partial charge in [-0.15, -0.1) is 4.80 Å². The molecule has 33 heavy (non-hydrogen) atoms. The molecule has 14 heteroatoms. The number of nitrogen functional groups attached to an aromatic ring is 1. The van der Waals surface area contributed by atoms with E-state index < -0.39 is 23.3 Å². The van der Waals surface area contributed by atoms with Crippen molar-refractivity contribution in [3.63, 3.8) is 0 Å². The fourth-order valence-electron chi connectivity index (χ4n) is 3.06. The van der Waals surface area contributed by atoms with Crippen molar-refractivity contribution < 1.29 is 18.0 Å². The predicted molar refractivity (Wildman–Crippen MR) is 108 cm³/mol. The van der Waals surface area contributed by atoms with Crippen LogP contribution in [0.4, 0.5) is 24.7 Å². The number of nitriles is 1. The van der Waals surface area contributed by atoms with Gasteiger partial charge in [-0.05, 0) is 19.1 Å². The Morgan fingerprint density at radius 1 is 1.24 bits per heavy atom. The van der Waals surface area contributed by atoms with Crippen LogP contribution in [0.25, 0.3) is 17.1 Å². The van der Waals surface area contributed by atoms with Gasteiger partial charge in [-0.3, -0.25) is 9.89 Å². The maximum Gasteiger partial charge on any atom is 0.433 e. The van der Waals surface area contributed by atoms with Crippen molar-refractivity contribution in [1.82, 2.24) is 35.2 Å². The average Bonchev–Trinajstić information content (AvgIpc) is 3.45. The molecule has 0 aromatic carbocycles. The molecule has 0 aliphatic rings. The molecule has 4 aromatic heterocycles. The van der Waals surface area contributed by atoms with E-state index in [2.05, 4.69) is 30.6 Å². The second-order valence-electron chi connectivity index (χ2n) is 6.67. The molecule has 4 heterocycles. The SMILES string of the molecule is Cc1c(-c2n[nH]c(C(F)(F)F)c2C(=O)Nc2cnc(-n3nccn3)c(C#N)c2)ccnc1N. The van der Waals surface area contributed by atoms with Gasteiger partial charge in [0.05, 0.1) is 29.8 Å². The molecule has 11 nitrogen and oxygen atoms in total. The molecule has 0 fully saturated rings. The number of aromatic nitrogens is 7. The Labute approximate surface area is 183 Å². The van der Waals surface area contributed by atoms with Crippen molar-refractivity contribution >= 4 is 17.4 Å². The molecule has 4 aromatic rings. The molecule has 0 saturated carbocycles. The van der Waals surface area contributed by atoms with Gasteiger partial charge >= 0.3 is 6.18 Å². The molecule has 0 atom stereocenters. The van der Waals surface area contributed by atoms with E-state index in [9.17, 15) is 23.2 Å². The topological polar surface area (TPSA) is 164 Å². The number of halogens is 3. The number of carbonyl (C=O) groups is 1. The smallest absolute Gasteiger partial charge is 0.383 e. The molecular formula is C19H13F3N10O. The average molecular weight is 454 g/mol. The van der Waals surface area contributed by atoms with Gasteiger partial charge in [-0.1, -0.05) is 0 Å². The van der Waals surface area contributed by atoms with Crippen LogP contribution in [-0.2, 0) is 6.18 Å². The summed E-state index contributed by atoms with van der Waals surface area (Å²) in [4.78, 5) is 22.0. The van der Waals surface area contributed by atoms with E-state index in [-0.39, 0.29) is 34.1 Å². The Morgan fingerprint density at radius 3 is 2.64 bits per heavy atom. The van der Waals surface area contributed by atoms with Crippen LogP contribution in [0, 0.1) is 18.3 Å². The van der Waals surface area contributed by atoms with Crippen LogP contribution < -0.4 is 11.1 Å². The summed E-state index contributed by atoms with van der Waals surface area (Å²) < 4.78 is 40.9. The van der Waals surface area contributed by atoms with Gasteiger partial charge in [-0.25, -0.2) is 9.97 Å². The van der Waals surface area contributed by atoms with E-state index in [0.717, 1.165) is 4.80 Å². The van der Waals surface area contributed by atoms with Crippen LogP contribution >= 0.6 is 0 Å². The highest BCUT2D eigenvalue weighted by atomic mass is 19.4. The maximum absolute atomic E-state index is 13.6. The van der Waals surface area contributed by atoms with Crippen LogP contribution in [-0.4, -0.2) is 41.1 Å². The van der Waals surface area contributed by atoms with Gasteiger partial charge in [0.1, 0.15) is 23.1 Å². The summed E-state index contributed by atoms with van der Waals surface area (Å²) in [7, 11) is 0. The Balaban J connectivity index is 1.76. The number of anilines is 2. The molecule has 0 radical (unpaired) electrons. The third kappa shape index (κ3) is 3.94. The third-order valence-corrected chi connectivity index (χ3v) is 4.63. The van der Waals surface area contributed by atoms with Crippen molar-refractivity contribution in [2.45, 2.75) is 13.1 Å². The summed E-state index contributed by atoms with van der Waals surface area (Å²) in [6.45, 7) is 1.55. The first kappa shape index (κ1) is 21.4. The van der Waals surface area contributed by atoms with Crippen molar-refractivity contribution in [1.29, 1.82) is 5.26 Å². The molecule has 0 spiro atoms. The molecule has 0 unspecified atom stereocenters. The van der Waals surface area contributed by atoms with Crippen molar-refractivity contribution in [3.8, 4) is 23.1 Å². The summed E-state index contributed by atoms with van der Waals surface area (Å²) in [5.41, 5.74) is 3.97. The number of aromatic amines is 1. The monoisotopic (exact) mass is 454 g/mol. The molecule has 0 saturated heterocycles. The van der Waals surface area contributed by atoms with Crippen molar-refractivity contribution in [3.05, 3.63) is 59.3 Å². The van der Waals surface area contributed by atoms with E-state index in [4.69, 9.17) is 5.73 Å². The second kappa shape index (κ2) is 8.04. The minimum absolute atomic E-state index is 0.00906. The largest absolute Gasteiger partial charge is 0.433 e. The molecule has 4 N–H and O–H groups in total. The molecule has 4 rings (SSSR count). The van der Waals surface area contributed by atoms with Crippen LogP contribution in [0.3, 0.4) is 0 Å². The highest BCUT2D eigenvalue weighted by molar-refractivity contribution is 6.09. The quantitative estimate of drug-likeness (QED) is 0.423. The zero-order valence-corrected chi connectivity index (χ0v) is 16.7. The predicted octanol–water partition coefficient (Wildman–Crippen LogP) is 2.48. The molecule has 0 aliphatic carbocycles. The summed E-state index contributed by atoms with van der Waals surface area (Å²) in [6.07, 6.45) is 0.333.